The molecule has 0 aliphatic heterocycles. The van der Waals surface area contributed by atoms with E-state index >= 15 is 0 Å². The van der Waals surface area contributed by atoms with Crippen LogP contribution in [0.4, 0.5) is 5.69 Å². The fraction of sp³-hybridized carbons (Fsp3) is 0.316. The normalized spacial score (nSPS) is 11.3. The number of furan rings is 1. The molecule has 3 aromatic rings. The largest absolute Gasteiger partial charge is 0.461 e. The topological polar surface area (TPSA) is 105 Å². The van der Waals surface area contributed by atoms with E-state index in [0.717, 1.165) is 24.4 Å². The van der Waals surface area contributed by atoms with Gasteiger partial charge in [-0.05, 0) is 36.1 Å². The number of rotatable bonds is 7. The molecule has 2 heterocycles. The molecule has 0 aliphatic rings. The number of nitrogens with one attached hydrogen (secondary N) is 2. The van der Waals surface area contributed by atoms with Crippen molar-refractivity contribution in [1.82, 2.24) is 15.2 Å². The molecule has 2 aromatic heterocycles. The van der Waals surface area contributed by atoms with Crippen LogP contribution in [-0.2, 0) is 19.3 Å². The summed E-state index contributed by atoms with van der Waals surface area (Å²) in [6, 6.07) is 9.93. The van der Waals surface area contributed by atoms with E-state index in [1.165, 1.54) is 11.1 Å². The fourth-order valence-corrected chi connectivity index (χ4v) is 2.78. The Kier molecular flexibility index (Phi) is 7.83. The molecule has 1 aromatic carbocycles. The number of aromatic amines is 1. The van der Waals surface area contributed by atoms with Crippen molar-refractivity contribution in [3.63, 3.8) is 0 Å². The Labute approximate surface area is 175 Å². The van der Waals surface area contributed by atoms with Gasteiger partial charge >= 0.3 is 0 Å². The number of halogens is 1. The molecule has 0 atom stereocenters. The zero-order valence-electron chi connectivity index (χ0n) is 15.5. The first kappa shape index (κ1) is 20.9. The Bertz CT molecular complexity index is 850. The molecule has 0 aliphatic carbocycles. The molecule has 0 radical (unpaired) electrons. The van der Waals surface area contributed by atoms with Crippen LogP contribution in [-0.4, -0.2) is 27.7 Å². The van der Waals surface area contributed by atoms with Gasteiger partial charge in [-0.2, -0.15) is 5.10 Å². The number of aryl methyl sites for hydroxylation is 2. The first-order valence-corrected chi connectivity index (χ1v) is 8.84. The van der Waals surface area contributed by atoms with E-state index in [1.54, 1.807) is 12.3 Å². The average Bonchev–Trinajstić information content (AvgIpc) is 3.33. The van der Waals surface area contributed by atoms with Crippen LogP contribution in [0.1, 0.15) is 30.8 Å². The predicted octanol–water partition coefficient (Wildman–Crippen LogP) is 3.78. The summed E-state index contributed by atoms with van der Waals surface area (Å²) in [5.41, 5.74) is 9.62. The summed E-state index contributed by atoms with van der Waals surface area (Å²) in [5.74, 6) is 2.34. The average molecular weight is 480 g/mol. The van der Waals surface area contributed by atoms with Crippen molar-refractivity contribution in [3.8, 4) is 11.6 Å². The lowest BCUT2D eigenvalue weighted by Crippen LogP contribution is -2.24. The van der Waals surface area contributed by atoms with Gasteiger partial charge in [0.15, 0.2) is 11.7 Å². The van der Waals surface area contributed by atoms with Crippen LogP contribution in [0, 0.1) is 0 Å². The summed E-state index contributed by atoms with van der Waals surface area (Å²) >= 11 is 0. The number of hydrogen-bond donors (Lipinski definition) is 3. The van der Waals surface area contributed by atoms with E-state index in [0.29, 0.717) is 30.5 Å². The number of hydrogen-bond acceptors (Lipinski definition) is 4. The van der Waals surface area contributed by atoms with E-state index in [-0.39, 0.29) is 24.0 Å². The van der Waals surface area contributed by atoms with Crippen molar-refractivity contribution < 1.29 is 4.42 Å². The summed E-state index contributed by atoms with van der Waals surface area (Å²) < 4.78 is 5.28. The van der Waals surface area contributed by atoms with Crippen LogP contribution in [0.15, 0.2) is 46.0 Å². The van der Waals surface area contributed by atoms with Crippen LogP contribution in [0.2, 0.25) is 0 Å². The molecule has 0 saturated heterocycles. The standard InChI is InChI=1S/C19H24N6O.HI/c1-3-13-7-5-8-14(4-2)17(13)23-19(20)21-11-10-16-22-18(25-24-16)15-9-6-12-26-15;/h5-9,12H,3-4,10-11H2,1-2H3,(H3,20,21,23)(H,22,24,25);1H. The highest BCUT2D eigenvalue weighted by atomic mass is 127. The van der Waals surface area contributed by atoms with Gasteiger partial charge in [-0.15, -0.1) is 24.0 Å². The molecular formula is C19H25IN6O. The highest BCUT2D eigenvalue weighted by molar-refractivity contribution is 14.0. The molecule has 0 amide bonds. The van der Waals surface area contributed by atoms with Gasteiger partial charge in [0.1, 0.15) is 5.82 Å². The van der Waals surface area contributed by atoms with Crippen LogP contribution in [0.5, 0.6) is 0 Å². The lowest BCUT2D eigenvalue weighted by molar-refractivity contribution is 0.577. The second-order valence-corrected chi connectivity index (χ2v) is 5.88. The summed E-state index contributed by atoms with van der Waals surface area (Å²) in [7, 11) is 0. The monoisotopic (exact) mass is 480 g/mol. The second-order valence-electron chi connectivity index (χ2n) is 5.88. The van der Waals surface area contributed by atoms with Crippen molar-refractivity contribution in [3.05, 3.63) is 53.5 Å². The van der Waals surface area contributed by atoms with Gasteiger partial charge in [-0.3, -0.25) is 10.1 Å². The molecule has 3 rings (SSSR count). The molecule has 0 bridgehead atoms. The molecule has 144 valence electrons. The zero-order valence-corrected chi connectivity index (χ0v) is 17.9. The summed E-state index contributed by atoms with van der Waals surface area (Å²) in [6.07, 6.45) is 4.10. The number of aliphatic imine (C=N–C) groups is 1. The Morgan fingerprint density at radius 2 is 1.93 bits per heavy atom. The van der Waals surface area contributed by atoms with E-state index in [2.05, 4.69) is 57.5 Å². The first-order valence-electron chi connectivity index (χ1n) is 8.84. The van der Waals surface area contributed by atoms with Gasteiger partial charge in [0.2, 0.25) is 5.82 Å². The third-order valence-corrected chi connectivity index (χ3v) is 4.16. The van der Waals surface area contributed by atoms with Crippen LogP contribution in [0.3, 0.4) is 0 Å². The predicted molar refractivity (Wildman–Crippen MR) is 119 cm³/mol. The molecule has 0 saturated carbocycles. The lowest BCUT2D eigenvalue weighted by Gasteiger charge is -2.14. The summed E-state index contributed by atoms with van der Waals surface area (Å²) in [5, 5.41) is 10.3. The van der Waals surface area contributed by atoms with Crippen molar-refractivity contribution >= 4 is 35.6 Å². The van der Waals surface area contributed by atoms with Crippen molar-refractivity contribution in [2.75, 3.05) is 11.9 Å². The zero-order chi connectivity index (χ0) is 18.4. The van der Waals surface area contributed by atoms with E-state index in [4.69, 9.17) is 10.2 Å². The van der Waals surface area contributed by atoms with E-state index < -0.39 is 0 Å². The number of guanidine groups is 1. The maximum absolute atomic E-state index is 6.08. The maximum atomic E-state index is 6.08. The molecule has 0 fully saturated rings. The minimum absolute atomic E-state index is 0. The molecule has 27 heavy (non-hydrogen) atoms. The smallest absolute Gasteiger partial charge is 0.216 e. The second kappa shape index (κ2) is 10.1. The number of H-pyrrole nitrogens is 1. The van der Waals surface area contributed by atoms with Crippen molar-refractivity contribution in [1.29, 1.82) is 0 Å². The lowest BCUT2D eigenvalue weighted by atomic mass is 10.0. The highest BCUT2D eigenvalue weighted by Crippen LogP contribution is 2.22. The summed E-state index contributed by atoms with van der Waals surface area (Å²) in [4.78, 5) is 8.81. The number of nitrogens with two attached hydrogens (primary N) is 1. The van der Waals surface area contributed by atoms with Gasteiger partial charge in [0.25, 0.3) is 0 Å². The molecule has 0 unspecified atom stereocenters. The quantitative estimate of drug-likeness (QED) is 0.271. The van der Waals surface area contributed by atoms with Crippen molar-refractivity contribution in [2.45, 2.75) is 33.1 Å². The third kappa shape index (κ3) is 5.31. The van der Waals surface area contributed by atoms with E-state index in [9.17, 15) is 0 Å². The van der Waals surface area contributed by atoms with Crippen LogP contribution >= 0.6 is 24.0 Å². The minimum atomic E-state index is 0. The van der Waals surface area contributed by atoms with Gasteiger partial charge in [0.05, 0.1) is 6.26 Å². The first-order chi connectivity index (χ1) is 12.7. The van der Waals surface area contributed by atoms with Crippen molar-refractivity contribution in [2.24, 2.45) is 10.7 Å². The third-order valence-electron chi connectivity index (χ3n) is 4.16. The number of nitrogens with zero attached hydrogens (tertiary/aromatic N) is 3. The molecule has 4 N–H and O–H groups in total. The Morgan fingerprint density at radius 3 is 2.56 bits per heavy atom. The molecule has 8 heteroatoms. The molecule has 7 nitrogen and oxygen atoms in total. The molecular weight excluding hydrogens is 455 g/mol. The number of para-hydroxylation sites is 1. The van der Waals surface area contributed by atoms with Gasteiger partial charge in [0, 0.05) is 18.7 Å². The van der Waals surface area contributed by atoms with Gasteiger partial charge in [-0.1, -0.05) is 32.0 Å². The maximum Gasteiger partial charge on any atom is 0.216 e. The number of benzene rings is 1. The SMILES string of the molecule is CCc1cccc(CC)c1NC(N)=NCCc1nc(-c2ccco2)n[nH]1.I. The van der Waals surface area contributed by atoms with Gasteiger partial charge in [-0.25, -0.2) is 4.98 Å². The minimum Gasteiger partial charge on any atom is -0.461 e. The van der Waals surface area contributed by atoms with E-state index in [1.807, 2.05) is 6.07 Å². The van der Waals surface area contributed by atoms with Crippen LogP contribution < -0.4 is 11.1 Å². The fourth-order valence-electron chi connectivity index (χ4n) is 2.78. The highest BCUT2D eigenvalue weighted by Gasteiger charge is 2.09. The Morgan fingerprint density at radius 1 is 1.19 bits per heavy atom. The molecule has 0 spiro atoms. The number of anilines is 1. The number of aromatic nitrogens is 3. The Hall–Kier alpha value is -2.36. The van der Waals surface area contributed by atoms with Crippen LogP contribution in [0.25, 0.3) is 11.6 Å². The Balaban J connectivity index is 0.00000261. The summed E-state index contributed by atoms with van der Waals surface area (Å²) in [6.45, 7) is 4.78. The van der Waals surface area contributed by atoms with Gasteiger partial charge < -0.3 is 15.5 Å².